The minimum absolute atomic E-state index is 0.0696. The number of halogens is 1. The van der Waals surface area contributed by atoms with Crippen LogP contribution in [0.25, 0.3) is 10.9 Å². The number of benzene rings is 1. The standard InChI is InChI=1S/C24H22ClN5O4/c1-3-34-21-9-6-16(11-27-21)12-28-22(31)19-10-18-20(13-26-19)29(2)24(33)30(23(18)32)14-15-4-7-17(25)8-5-15/h4-11,13H,3,12,14H2,1-2H3,(H,28,31). The number of carbonyl (C=O) groups excluding carboxylic acids is 1. The van der Waals surface area contributed by atoms with E-state index in [4.69, 9.17) is 16.3 Å². The first kappa shape index (κ1) is 23.2. The Morgan fingerprint density at radius 3 is 2.47 bits per heavy atom. The van der Waals surface area contributed by atoms with Crippen molar-refractivity contribution >= 4 is 28.4 Å². The summed E-state index contributed by atoms with van der Waals surface area (Å²) >= 11 is 5.92. The van der Waals surface area contributed by atoms with Gasteiger partial charge in [-0.05, 0) is 36.2 Å². The van der Waals surface area contributed by atoms with E-state index in [-0.39, 0.29) is 24.2 Å². The Kier molecular flexibility index (Phi) is 6.74. The van der Waals surface area contributed by atoms with E-state index >= 15 is 0 Å². The van der Waals surface area contributed by atoms with Gasteiger partial charge < -0.3 is 10.1 Å². The molecule has 0 unspecified atom stereocenters. The second-order valence-corrected chi connectivity index (χ2v) is 8.00. The van der Waals surface area contributed by atoms with Crippen LogP contribution in [-0.4, -0.2) is 31.6 Å². The largest absolute Gasteiger partial charge is 0.478 e. The summed E-state index contributed by atoms with van der Waals surface area (Å²) in [7, 11) is 1.56. The van der Waals surface area contributed by atoms with Crippen LogP contribution in [0.15, 0.2) is 64.4 Å². The molecule has 0 saturated heterocycles. The van der Waals surface area contributed by atoms with Crippen LogP contribution >= 0.6 is 11.6 Å². The van der Waals surface area contributed by atoms with E-state index in [1.54, 1.807) is 49.6 Å². The van der Waals surface area contributed by atoms with Gasteiger partial charge in [0.2, 0.25) is 5.88 Å². The van der Waals surface area contributed by atoms with Gasteiger partial charge in [0.15, 0.2) is 0 Å². The zero-order valence-electron chi connectivity index (χ0n) is 18.6. The zero-order chi connectivity index (χ0) is 24.2. The lowest BCUT2D eigenvalue weighted by molar-refractivity contribution is 0.0946. The molecule has 0 spiro atoms. The number of aromatic nitrogens is 4. The van der Waals surface area contributed by atoms with Crippen LogP contribution in [0.1, 0.15) is 28.5 Å². The van der Waals surface area contributed by atoms with E-state index in [1.807, 2.05) is 6.92 Å². The maximum absolute atomic E-state index is 13.2. The molecule has 0 aliphatic carbocycles. The molecule has 0 aliphatic rings. The van der Waals surface area contributed by atoms with Gasteiger partial charge in [-0.25, -0.2) is 14.8 Å². The van der Waals surface area contributed by atoms with Crippen LogP contribution in [0.4, 0.5) is 0 Å². The summed E-state index contributed by atoms with van der Waals surface area (Å²) in [6.45, 7) is 2.69. The number of hydrogen-bond acceptors (Lipinski definition) is 6. The molecular weight excluding hydrogens is 458 g/mol. The third-order valence-electron chi connectivity index (χ3n) is 5.27. The van der Waals surface area contributed by atoms with Gasteiger partial charge in [-0.1, -0.05) is 29.8 Å². The highest BCUT2D eigenvalue weighted by molar-refractivity contribution is 6.30. The van der Waals surface area contributed by atoms with Crippen molar-refractivity contribution in [1.82, 2.24) is 24.4 Å². The number of nitrogens with one attached hydrogen (secondary N) is 1. The number of hydrogen-bond donors (Lipinski definition) is 1. The number of pyridine rings is 2. The summed E-state index contributed by atoms with van der Waals surface area (Å²) in [6, 6.07) is 11.8. The Balaban J connectivity index is 1.60. The molecule has 3 aromatic heterocycles. The topological polar surface area (TPSA) is 108 Å². The third kappa shape index (κ3) is 4.84. The fraction of sp³-hybridized carbons (Fsp3) is 0.208. The van der Waals surface area contributed by atoms with Gasteiger partial charge in [-0.15, -0.1) is 0 Å². The number of ether oxygens (including phenoxy) is 1. The van der Waals surface area contributed by atoms with Crippen molar-refractivity contribution in [3.63, 3.8) is 0 Å². The lowest BCUT2D eigenvalue weighted by Gasteiger charge is -2.12. The van der Waals surface area contributed by atoms with Crippen LogP contribution in [-0.2, 0) is 20.1 Å². The SMILES string of the molecule is CCOc1ccc(CNC(=O)c2cc3c(=O)n(Cc4ccc(Cl)cc4)c(=O)n(C)c3cn2)cn1. The second kappa shape index (κ2) is 9.88. The predicted octanol–water partition coefficient (Wildman–Crippen LogP) is 2.52. The molecule has 34 heavy (non-hydrogen) atoms. The first-order chi connectivity index (χ1) is 16.4. The average molecular weight is 480 g/mol. The molecule has 0 atom stereocenters. The molecule has 3 heterocycles. The Morgan fingerprint density at radius 1 is 1.06 bits per heavy atom. The summed E-state index contributed by atoms with van der Waals surface area (Å²) in [5.74, 6) is 0.0579. The molecule has 0 saturated carbocycles. The molecule has 1 aromatic carbocycles. The van der Waals surface area contributed by atoms with Crippen LogP contribution in [0.5, 0.6) is 5.88 Å². The normalized spacial score (nSPS) is 10.9. The van der Waals surface area contributed by atoms with E-state index in [1.165, 1.54) is 16.8 Å². The number of rotatable bonds is 7. The van der Waals surface area contributed by atoms with E-state index in [9.17, 15) is 14.4 Å². The third-order valence-corrected chi connectivity index (χ3v) is 5.52. The summed E-state index contributed by atoms with van der Waals surface area (Å²) in [6.07, 6.45) is 2.97. The summed E-state index contributed by atoms with van der Waals surface area (Å²) in [5, 5.41) is 3.55. The number of aryl methyl sites for hydroxylation is 1. The number of carbonyl (C=O) groups is 1. The zero-order valence-corrected chi connectivity index (χ0v) is 19.4. The highest BCUT2D eigenvalue weighted by Gasteiger charge is 2.15. The molecule has 0 fully saturated rings. The van der Waals surface area contributed by atoms with Crippen LogP contribution in [0.3, 0.4) is 0 Å². The summed E-state index contributed by atoms with van der Waals surface area (Å²) in [5.41, 5.74) is 0.966. The highest BCUT2D eigenvalue weighted by Crippen LogP contribution is 2.12. The monoisotopic (exact) mass is 479 g/mol. The number of amides is 1. The number of nitrogens with zero attached hydrogens (tertiary/aromatic N) is 4. The smallest absolute Gasteiger partial charge is 0.331 e. The maximum Gasteiger partial charge on any atom is 0.331 e. The molecule has 0 bridgehead atoms. The van der Waals surface area contributed by atoms with Crippen molar-refractivity contribution in [2.24, 2.45) is 7.05 Å². The van der Waals surface area contributed by atoms with E-state index in [0.29, 0.717) is 23.0 Å². The Morgan fingerprint density at radius 2 is 1.79 bits per heavy atom. The van der Waals surface area contributed by atoms with Crippen LogP contribution in [0.2, 0.25) is 5.02 Å². The molecule has 1 amide bonds. The fourth-order valence-corrected chi connectivity index (χ4v) is 3.59. The van der Waals surface area contributed by atoms with E-state index in [0.717, 1.165) is 15.7 Å². The Labute approximate surface area is 199 Å². The van der Waals surface area contributed by atoms with Gasteiger partial charge in [-0.3, -0.25) is 18.7 Å². The minimum Gasteiger partial charge on any atom is -0.478 e. The van der Waals surface area contributed by atoms with E-state index < -0.39 is 17.2 Å². The van der Waals surface area contributed by atoms with Gasteiger partial charge in [0.25, 0.3) is 11.5 Å². The molecule has 10 heteroatoms. The van der Waals surface area contributed by atoms with Crippen molar-refractivity contribution in [3.05, 3.63) is 97.5 Å². The molecular formula is C24H22ClN5O4. The molecule has 0 radical (unpaired) electrons. The molecule has 174 valence electrons. The van der Waals surface area contributed by atoms with Crippen LogP contribution < -0.4 is 21.3 Å². The molecule has 4 rings (SSSR count). The molecule has 0 aliphatic heterocycles. The van der Waals surface area contributed by atoms with Crippen LogP contribution in [0, 0.1) is 0 Å². The first-order valence-corrected chi connectivity index (χ1v) is 10.9. The van der Waals surface area contributed by atoms with Gasteiger partial charge in [0.05, 0.1) is 30.3 Å². The minimum atomic E-state index is -0.500. The van der Waals surface area contributed by atoms with Gasteiger partial charge in [0.1, 0.15) is 5.69 Å². The lowest BCUT2D eigenvalue weighted by atomic mass is 10.2. The fourth-order valence-electron chi connectivity index (χ4n) is 3.46. The maximum atomic E-state index is 13.2. The van der Waals surface area contributed by atoms with Crippen molar-refractivity contribution in [2.75, 3.05) is 6.61 Å². The lowest BCUT2D eigenvalue weighted by Crippen LogP contribution is -2.39. The molecule has 9 nitrogen and oxygen atoms in total. The van der Waals surface area contributed by atoms with Gasteiger partial charge >= 0.3 is 5.69 Å². The molecule has 1 N–H and O–H groups in total. The summed E-state index contributed by atoms with van der Waals surface area (Å²) in [4.78, 5) is 47.0. The quantitative estimate of drug-likeness (QED) is 0.436. The van der Waals surface area contributed by atoms with Crippen molar-refractivity contribution < 1.29 is 9.53 Å². The second-order valence-electron chi connectivity index (χ2n) is 7.57. The first-order valence-electron chi connectivity index (χ1n) is 10.6. The highest BCUT2D eigenvalue weighted by atomic mass is 35.5. The van der Waals surface area contributed by atoms with E-state index in [2.05, 4.69) is 15.3 Å². The molecule has 4 aromatic rings. The predicted molar refractivity (Wildman–Crippen MR) is 128 cm³/mol. The van der Waals surface area contributed by atoms with Crippen molar-refractivity contribution in [1.29, 1.82) is 0 Å². The Hall–Kier alpha value is -3.98. The van der Waals surface area contributed by atoms with Gasteiger partial charge in [0, 0.05) is 30.9 Å². The van der Waals surface area contributed by atoms with Gasteiger partial charge in [-0.2, -0.15) is 0 Å². The van der Waals surface area contributed by atoms with Crippen molar-refractivity contribution in [2.45, 2.75) is 20.0 Å². The Bertz CT molecular complexity index is 1460. The average Bonchev–Trinajstić information content (AvgIpc) is 2.85. The summed E-state index contributed by atoms with van der Waals surface area (Å²) < 4.78 is 7.77. The van der Waals surface area contributed by atoms with Crippen molar-refractivity contribution in [3.8, 4) is 5.88 Å². The number of fused-ring (bicyclic) bond motifs is 1.